The number of unbranched alkanes of at least 4 members (excludes halogenated alkanes) is 1. The molecule has 0 aliphatic carbocycles. The first-order valence-corrected chi connectivity index (χ1v) is 7.51. The Morgan fingerprint density at radius 3 is 2.82 bits per heavy atom. The molecule has 0 saturated carbocycles. The molecule has 0 N–H and O–H groups in total. The summed E-state index contributed by atoms with van der Waals surface area (Å²) in [7, 11) is 0. The molecule has 0 aliphatic heterocycles. The number of pyridine rings is 1. The number of aryl methyl sites for hydroxylation is 1. The normalized spacial score (nSPS) is 11.6. The van der Waals surface area contributed by atoms with Gasteiger partial charge in [-0.15, -0.1) is 0 Å². The highest BCUT2D eigenvalue weighted by Crippen LogP contribution is 2.26. The van der Waals surface area contributed by atoms with E-state index in [9.17, 15) is 9.59 Å². The summed E-state index contributed by atoms with van der Waals surface area (Å²) in [6.45, 7) is 6.08. The molecular weight excluding hydrogens is 304 g/mol. The lowest BCUT2D eigenvalue weighted by Crippen LogP contribution is -2.24. The van der Waals surface area contributed by atoms with Crippen LogP contribution in [-0.4, -0.2) is 27.4 Å². The number of aldehydes is 1. The Balaban J connectivity index is 2.33. The first-order valence-electron chi connectivity index (χ1n) is 7.13. The van der Waals surface area contributed by atoms with Crippen molar-refractivity contribution in [3.8, 4) is 0 Å². The molecule has 118 valence electrons. The van der Waals surface area contributed by atoms with Gasteiger partial charge in [-0.3, -0.25) is 0 Å². The number of hydrogen-bond acceptors (Lipinski definition) is 4. The number of aromatic nitrogens is 2. The van der Waals surface area contributed by atoms with E-state index in [1.54, 1.807) is 18.5 Å². The van der Waals surface area contributed by atoms with Crippen molar-refractivity contribution in [2.45, 2.75) is 45.8 Å². The number of halogens is 1. The summed E-state index contributed by atoms with van der Waals surface area (Å²) < 4.78 is 7.26. The largest absolute Gasteiger partial charge is 0.455 e. The van der Waals surface area contributed by atoms with Crippen molar-refractivity contribution in [3.05, 3.63) is 29.2 Å². The summed E-state index contributed by atoms with van der Waals surface area (Å²) in [5.41, 5.74) is 0.484. The van der Waals surface area contributed by atoms with Gasteiger partial charge in [-0.05, 0) is 33.3 Å². The summed E-state index contributed by atoms with van der Waals surface area (Å²) in [6, 6.07) is 1.68. The van der Waals surface area contributed by atoms with Gasteiger partial charge >= 0.3 is 5.97 Å². The molecule has 22 heavy (non-hydrogen) atoms. The Morgan fingerprint density at radius 2 is 2.18 bits per heavy atom. The molecule has 2 aromatic heterocycles. The number of nitrogens with zero attached hydrogens (tertiary/aromatic N) is 2. The molecule has 0 fully saturated rings. The Hall–Kier alpha value is -1.88. The van der Waals surface area contributed by atoms with Crippen LogP contribution in [0.15, 0.2) is 18.5 Å². The van der Waals surface area contributed by atoms with Crippen LogP contribution in [0.1, 0.15) is 44.1 Å². The molecule has 0 saturated heterocycles. The standard InChI is InChI=1S/C16H19ClN2O3/c1-16(2,3)22-15(21)13-8-14-11(9-18-13)12(17)10-19(14)6-4-5-7-20/h7-10H,4-6H2,1-3H3. The zero-order chi connectivity index (χ0) is 16.3. The Bertz CT molecular complexity index is 701. The molecule has 2 heterocycles. The van der Waals surface area contributed by atoms with Gasteiger partial charge < -0.3 is 14.1 Å². The van der Waals surface area contributed by atoms with Crippen LogP contribution in [0.3, 0.4) is 0 Å². The molecule has 2 aromatic rings. The van der Waals surface area contributed by atoms with Gasteiger partial charge in [0.2, 0.25) is 0 Å². The molecule has 0 amide bonds. The monoisotopic (exact) mass is 322 g/mol. The predicted molar refractivity (Wildman–Crippen MR) is 85.2 cm³/mol. The van der Waals surface area contributed by atoms with Crippen molar-refractivity contribution in [1.82, 2.24) is 9.55 Å². The third-order valence-electron chi connectivity index (χ3n) is 3.05. The van der Waals surface area contributed by atoms with Crippen LogP contribution < -0.4 is 0 Å². The highest BCUT2D eigenvalue weighted by atomic mass is 35.5. The second kappa shape index (κ2) is 6.48. The Kier molecular flexibility index (Phi) is 4.86. The lowest BCUT2D eigenvalue weighted by atomic mass is 10.2. The van der Waals surface area contributed by atoms with Crippen molar-refractivity contribution < 1.29 is 14.3 Å². The Morgan fingerprint density at radius 1 is 1.45 bits per heavy atom. The van der Waals surface area contributed by atoms with Crippen LogP contribution in [0, 0.1) is 0 Å². The van der Waals surface area contributed by atoms with E-state index in [4.69, 9.17) is 16.3 Å². The fourth-order valence-corrected chi connectivity index (χ4v) is 2.38. The van der Waals surface area contributed by atoms with Gasteiger partial charge in [-0.25, -0.2) is 9.78 Å². The van der Waals surface area contributed by atoms with Crippen molar-refractivity contribution in [2.24, 2.45) is 0 Å². The van der Waals surface area contributed by atoms with E-state index in [0.29, 0.717) is 24.4 Å². The number of esters is 1. The predicted octanol–water partition coefficient (Wildman–Crippen LogP) is 3.62. The quantitative estimate of drug-likeness (QED) is 0.479. The van der Waals surface area contributed by atoms with E-state index in [2.05, 4.69) is 4.98 Å². The van der Waals surface area contributed by atoms with E-state index in [-0.39, 0.29) is 5.69 Å². The van der Waals surface area contributed by atoms with Crippen LogP contribution in [0.5, 0.6) is 0 Å². The van der Waals surface area contributed by atoms with E-state index < -0.39 is 11.6 Å². The molecule has 0 aromatic carbocycles. The van der Waals surface area contributed by atoms with Gasteiger partial charge in [-0.2, -0.15) is 0 Å². The number of fused-ring (bicyclic) bond motifs is 1. The fourth-order valence-electron chi connectivity index (χ4n) is 2.11. The van der Waals surface area contributed by atoms with Gasteiger partial charge in [0.25, 0.3) is 0 Å². The van der Waals surface area contributed by atoms with Crippen molar-refractivity contribution >= 4 is 34.8 Å². The summed E-state index contributed by atoms with van der Waals surface area (Å²) in [5, 5.41) is 1.35. The molecule has 6 heteroatoms. The zero-order valence-corrected chi connectivity index (χ0v) is 13.7. The number of ether oxygens (including phenoxy) is 1. The summed E-state index contributed by atoms with van der Waals surface area (Å²) >= 11 is 6.18. The zero-order valence-electron chi connectivity index (χ0n) is 12.9. The van der Waals surface area contributed by atoms with Gasteiger partial charge in [0.1, 0.15) is 17.6 Å². The summed E-state index contributed by atoms with van der Waals surface area (Å²) in [4.78, 5) is 26.7. The molecular formula is C16H19ClN2O3. The second-order valence-corrected chi connectivity index (χ2v) is 6.48. The van der Waals surface area contributed by atoms with E-state index in [1.165, 1.54) is 0 Å². The maximum absolute atomic E-state index is 12.1. The van der Waals surface area contributed by atoms with Crippen molar-refractivity contribution in [3.63, 3.8) is 0 Å². The van der Waals surface area contributed by atoms with Gasteiger partial charge in [0.05, 0.1) is 10.5 Å². The first-order chi connectivity index (χ1) is 10.3. The topological polar surface area (TPSA) is 61.2 Å². The average Bonchev–Trinajstić information content (AvgIpc) is 2.74. The highest BCUT2D eigenvalue weighted by Gasteiger charge is 2.20. The molecule has 0 aliphatic rings. The van der Waals surface area contributed by atoms with Gasteiger partial charge in [0.15, 0.2) is 0 Å². The maximum Gasteiger partial charge on any atom is 0.357 e. The third kappa shape index (κ3) is 3.85. The maximum atomic E-state index is 12.1. The number of rotatable bonds is 5. The first kappa shape index (κ1) is 16.5. The smallest absolute Gasteiger partial charge is 0.357 e. The Labute approximate surface area is 134 Å². The molecule has 0 spiro atoms. The van der Waals surface area contributed by atoms with Crippen molar-refractivity contribution in [1.29, 1.82) is 0 Å². The van der Waals surface area contributed by atoms with Crippen LogP contribution in [0.4, 0.5) is 0 Å². The minimum atomic E-state index is -0.572. The van der Waals surface area contributed by atoms with Crippen LogP contribution in [0.2, 0.25) is 5.02 Å². The molecule has 0 unspecified atom stereocenters. The van der Waals surface area contributed by atoms with Gasteiger partial charge in [0, 0.05) is 30.7 Å². The number of hydrogen-bond donors (Lipinski definition) is 0. The van der Waals surface area contributed by atoms with E-state index in [0.717, 1.165) is 17.2 Å². The SMILES string of the molecule is CC(C)(C)OC(=O)c1cc2c(cn1)c(Cl)cn2CCCC=O. The highest BCUT2D eigenvalue weighted by molar-refractivity contribution is 6.35. The van der Waals surface area contributed by atoms with Crippen LogP contribution >= 0.6 is 11.6 Å². The lowest BCUT2D eigenvalue weighted by Gasteiger charge is -2.19. The van der Waals surface area contributed by atoms with Crippen LogP contribution in [-0.2, 0) is 16.1 Å². The molecule has 0 radical (unpaired) electrons. The minimum absolute atomic E-state index is 0.244. The van der Waals surface area contributed by atoms with Crippen molar-refractivity contribution in [2.75, 3.05) is 0 Å². The van der Waals surface area contributed by atoms with Gasteiger partial charge in [-0.1, -0.05) is 11.6 Å². The molecule has 0 bridgehead atoms. The minimum Gasteiger partial charge on any atom is -0.455 e. The number of carbonyl (C=O) groups excluding carboxylic acids is 2. The summed E-state index contributed by atoms with van der Waals surface area (Å²) in [5.74, 6) is -0.467. The molecule has 0 atom stereocenters. The fraction of sp³-hybridized carbons (Fsp3) is 0.438. The average molecular weight is 323 g/mol. The molecule has 2 rings (SSSR count). The van der Waals surface area contributed by atoms with E-state index >= 15 is 0 Å². The lowest BCUT2D eigenvalue weighted by molar-refractivity contribution is -0.107. The molecule has 5 nitrogen and oxygen atoms in total. The number of carbonyl (C=O) groups is 2. The second-order valence-electron chi connectivity index (χ2n) is 6.07. The summed E-state index contributed by atoms with van der Waals surface area (Å²) in [6.07, 6.45) is 5.46. The van der Waals surface area contributed by atoms with Crippen LogP contribution in [0.25, 0.3) is 10.9 Å². The third-order valence-corrected chi connectivity index (χ3v) is 3.35. The van der Waals surface area contributed by atoms with E-state index in [1.807, 2.05) is 25.3 Å².